The summed E-state index contributed by atoms with van der Waals surface area (Å²) in [4.78, 5) is 26.6. The summed E-state index contributed by atoms with van der Waals surface area (Å²) in [5, 5.41) is 9.28. The van der Waals surface area contributed by atoms with Gasteiger partial charge in [0, 0.05) is 13.1 Å². The molecule has 1 aliphatic heterocycles. The van der Waals surface area contributed by atoms with Gasteiger partial charge >= 0.3 is 12.1 Å². The van der Waals surface area contributed by atoms with E-state index in [2.05, 4.69) is 0 Å². The van der Waals surface area contributed by atoms with Crippen molar-refractivity contribution < 1.29 is 19.4 Å². The van der Waals surface area contributed by atoms with Crippen molar-refractivity contribution in [3.8, 4) is 0 Å². The molecular formula is C14H26N2O4. The van der Waals surface area contributed by atoms with E-state index in [4.69, 9.17) is 4.74 Å². The van der Waals surface area contributed by atoms with Gasteiger partial charge in [-0.15, -0.1) is 0 Å². The van der Waals surface area contributed by atoms with Crippen molar-refractivity contribution in [1.82, 2.24) is 9.80 Å². The number of hydrogen-bond acceptors (Lipinski definition) is 4. The van der Waals surface area contributed by atoms with Gasteiger partial charge in [0.1, 0.15) is 11.6 Å². The Morgan fingerprint density at radius 2 is 1.75 bits per heavy atom. The van der Waals surface area contributed by atoms with Crippen LogP contribution >= 0.6 is 0 Å². The molecule has 1 aliphatic rings. The van der Waals surface area contributed by atoms with Gasteiger partial charge < -0.3 is 14.7 Å². The summed E-state index contributed by atoms with van der Waals surface area (Å²) in [6.07, 6.45) is 1.07. The van der Waals surface area contributed by atoms with E-state index in [-0.39, 0.29) is 12.0 Å². The fourth-order valence-electron chi connectivity index (χ4n) is 2.57. The number of ether oxygens (including phenoxy) is 1. The standard InChI is InChI=1S/C14H26N2O4/c1-14(2,3)20-13(19)16-8-6-10(7-9-16)11(12(17)18)15(4)5/h10-11H,6-9H2,1-5H3,(H,17,18). The summed E-state index contributed by atoms with van der Waals surface area (Å²) in [5.74, 6) is -0.730. The van der Waals surface area contributed by atoms with Crippen molar-refractivity contribution in [2.24, 2.45) is 5.92 Å². The molecule has 1 unspecified atom stereocenters. The van der Waals surface area contributed by atoms with Crippen LogP contribution in [0.2, 0.25) is 0 Å². The van der Waals surface area contributed by atoms with Gasteiger partial charge in [0.2, 0.25) is 0 Å². The number of amides is 1. The monoisotopic (exact) mass is 286 g/mol. The summed E-state index contributed by atoms with van der Waals surface area (Å²) in [6.45, 7) is 6.62. The molecule has 1 atom stereocenters. The van der Waals surface area contributed by atoms with Crippen molar-refractivity contribution in [3.63, 3.8) is 0 Å². The highest BCUT2D eigenvalue weighted by Crippen LogP contribution is 2.24. The van der Waals surface area contributed by atoms with E-state index < -0.39 is 17.6 Å². The number of hydrogen-bond donors (Lipinski definition) is 1. The number of carbonyl (C=O) groups excluding carboxylic acids is 1. The Morgan fingerprint density at radius 3 is 2.10 bits per heavy atom. The zero-order valence-corrected chi connectivity index (χ0v) is 13.0. The predicted molar refractivity (Wildman–Crippen MR) is 75.6 cm³/mol. The van der Waals surface area contributed by atoms with Crippen LogP contribution in [0, 0.1) is 5.92 Å². The summed E-state index contributed by atoms with van der Waals surface area (Å²) >= 11 is 0. The molecule has 1 heterocycles. The summed E-state index contributed by atoms with van der Waals surface area (Å²) < 4.78 is 5.33. The number of carboxylic acid groups (broad SMARTS) is 1. The van der Waals surface area contributed by atoms with Crippen molar-refractivity contribution in [3.05, 3.63) is 0 Å². The summed E-state index contributed by atoms with van der Waals surface area (Å²) in [5.41, 5.74) is -0.499. The average molecular weight is 286 g/mol. The smallest absolute Gasteiger partial charge is 0.410 e. The molecule has 20 heavy (non-hydrogen) atoms. The largest absolute Gasteiger partial charge is 0.480 e. The van der Waals surface area contributed by atoms with E-state index in [0.29, 0.717) is 25.9 Å². The molecule has 1 fully saturated rings. The number of rotatable bonds is 3. The summed E-state index contributed by atoms with van der Waals surface area (Å²) in [7, 11) is 3.55. The van der Waals surface area contributed by atoms with E-state index in [1.54, 1.807) is 23.9 Å². The van der Waals surface area contributed by atoms with Gasteiger partial charge in [-0.05, 0) is 53.6 Å². The fraction of sp³-hybridized carbons (Fsp3) is 0.857. The third-order valence-corrected chi connectivity index (χ3v) is 3.45. The number of carbonyl (C=O) groups is 2. The zero-order valence-electron chi connectivity index (χ0n) is 13.0. The van der Waals surface area contributed by atoms with Crippen molar-refractivity contribution in [1.29, 1.82) is 0 Å². The fourth-order valence-corrected chi connectivity index (χ4v) is 2.57. The number of aliphatic carboxylic acids is 1. The Hall–Kier alpha value is -1.30. The van der Waals surface area contributed by atoms with Gasteiger partial charge in [-0.3, -0.25) is 9.69 Å². The van der Waals surface area contributed by atoms with Gasteiger partial charge in [0.15, 0.2) is 0 Å². The Bertz CT molecular complexity index is 355. The van der Waals surface area contributed by atoms with E-state index in [9.17, 15) is 14.7 Å². The lowest BCUT2D eigenvalue weighted by Gasteiger charge is -2.37. The van der Waals surface area contributed by atoms with Crippen molar-refractivity contribution in [2.45, 2.75) is 45.3 Å². The zero-order chi connectivity index (χ0) is 15.5. The normalized spacial score (nSPS) is 19.0. The number of likely N-dealkylation sites (N-methyl/N-ethyl adjacent to an activating group) is 1. The lowest BCUT2D eigenvalue weighted by Crippen LogP contribution is -2.48. The Labute approximate surface area is 120 Å². The molecule has 0 aromatic carbocycles. The minimum Gasteiger partial charge on any atom is -0.480 e. The molecule has 0 aromatic heterocycles. The van der Waals surface area contributed by atoms with Crippen LogP contribution in [-0.2, 0) is 9.53 Å². The molecule has 116 valence electrons. The maximum Gasteiger partial charge on any atom is 0.410 e. The summed E-state index contributed by atoms with van der Waals surface area (Å²) in [6, 6.07) is -0.490. The highest BCUT2D eigenvalue weighted by molar-refractivity contribution is 5.74. The molecular weight excluding hydrogens is 260 g/mol. The lowest BCUT2D eigenvalue weighted by molar-refractivity contribution is -0.145. The van der Waals surface area contributed by atoms with Crippen LogP contribution in [0.25, 0.3) is 0 Å². The number of piperidine rings is 1. The van der Waals surface area contributed by atoms with Gasteiger partial charge in [0.05, 0.1) is 0 Å². The number of likely N-dealkylation sites (tertiary alicyclic amines) is 1. The average Bonchev–Trinajstić information content (AvgIpc) is 2.26. The number of nitrogens with zero attached hydrogens (tertiary/aromatic N) is 2. The van der Waals surface area contributed by atoms with E-state index in [1.165, 1.54) is 0 Å². The molecule has 0 aromatic rings. The molecule has 1 rings (SSSR count). The van der Waals surface area contributed by atoms with Crippen LogP contribution in [0.5, 0.6) is 0 Å². The molecule has 0 aliphatic carbocycles. The van der Waals surface area contributed by atoms with Crippen LogP contribution in [0.15, 0.2) is 0 Å². The molecule has 0 saturated carbocycles. The molecule has 1 N–H and O–H groups in total. The molecule has 1 saturated heterocycles. The van der Waals surface area contributed by atoms with Crippen molar-refractivity contribution >= 4 is 12.1 Å². The molecule has 6 heteroatoms. The van der Waals surface area contributed by atoms with Crippen LogP contribution in [0.4, 0.5) is 4.79 Å². The first kappa shape index (κ1) is 16.8. The second-order valence-corrected chi connectivity index (χ2v) is 6.55. The highest BCUT2D eigenvalue weighted by Gasteiger charge is 2.34. The Balaban J connectivity index is 2.55. The lowest BCUT2D eigenvalue weighted by atomic mass is 9.89. The third-order valence-electron chi connectivity index (χ3n) is 3.45. The second-order valence-electron chi connectivity index (χ2n) is 6.55. The van der Waals surface area contributed by atoms with Crippen LogP contribution in [-0.4, -0.2) is 65.8 Å². The minimum absolute atomic E-state index is 0.0705. The minimum atomic E-state index is -0.800. The Morgan fingerprint density at radius 1 is 1.25 bits per heavy atom. The van der Waals surface area contributed by atoms with Crippen LogP contribution in [0.1, 0.15) is 33.6 Å². The van der Waals surface area contributed by atoms with Gasteiger partial charge in [-0.2, -0.15) is 0 Å². The SMILES string of the molecule is CN(C)C(C(=O)O)C1CCN(C(=O)OC(C)(C)C)CC1. The van der Waals surface area contributed by atoms with Gasteiger partial charge in [0.25, 0.3) is 0 Å². The maximum absolute atomic E-state index is 11.9. The molecule has 0 radical (unpaired) electrons. The molecule has 6 nitrogen and oxygen atoms in total. The van der Waals surface area contributed by atoms with Crippen LogP contribution in [0.3, 0.4) is 0 Å². The highest BCUT2D eigenvalue weighted by atomic mass is 16.6. The van der Waals surface area contributed by atoms with E-state index in [1.807, 2.05) is 20.8 Å². The van der Waals surface area contributed by atoms with Crippen LogP contribution < -0.4 is 0 Å². The maximum atomic E-state index is 11.9. The van der Waals surface area contributed by atoms with Gasteiger partial charge in [-0.25, -0.2) is 4.79 Å². The first-order valence-electron chi connectivity index (χ1n) is 6.99. The molecule has 0 spiro atoms. The van der Waals surface area contributed by atoms with E-state index >= 15 is 0 Å². The molecule has 1 amide bonds. The molecule has 0 bridgehead atoms. The Kier molecular flexibility index (Phi) is 5.39. The number of carboxylic acids is 1. The quantitative estimate of drug-likeness (QED) is 0.854. The predicted octanol–water partition coefficient (Wildman–Crippen LogP) is 1.65. The first-order chi connectivity index (χ1) is 9.11. The van der Waals surface area contributed by atoms with Crippen molar-refractivity contribution in [2.75, 3.05) is 27.2 Å². The van der Waals surface area contributed by atoms with Gasteiger partial charge in [-0.1, -0.05) is 0 Å². The second kappa shape index (κ2) is 6.43. The third kappa shape index (κ3) is 4.67. The van der Waals surface area contributed by atoms with E-state index in [0.717, 1.165) is 0 Å². The first-order valence-corrected chi connectivity index (χ1v) is 6.99. The topological polar surface area (TPSA) is 70.1 Å².